The van der Waals surface area contributed by atoms with E-state index in [0.29, 0.717) is 6.54 Å². The molecule has 0 aliphatic carbocycles. The van der Waals surface area contributed by atoms with Gasteiger partial charge in [-0.25, -0.2) is 4.98 Å². The van der Waals surface area contributed by atoms with E-state index in [0.717, 1.165) is 44.5 Å². The van der Waals surface area contributed by atoms with Gasteiger partial charge in [0.05, 0.1) is 25.6 Å². The Morgan fingerprint density at radius 1 is 1.21 bits per heavy atom. The number of hydrogen-bond acceptors (Lipinski definition) is 7. The highest BCUT2D eigenvalue weighted by atomic mass is 32.2. The molecule has 29 heavy (non-hydrogen) atoms. The maximum atomic E-state index is 5.52. The van der Waals surface area contributed by atoms with Crippen molar-refractivity contribution in [1.82, 2.24) is 19.7 Å². The highest BCUT2D eigenvalue weighted by molar-refractivity contribution is 7.98. The highest BCUT2D eigenvalue weighted by Crippen LogP contribution is 2.30. The van der Waals surface area contributed by atoms with Gasteiger partial charge in [-0.3, -0.25) is 4.57 Å². The van der Waals surface area contributed by atoms with Crippen LogP contribution >= 0.6 is 23.1 Å². The summed E-state index contributed by atoms with van der Waals surface area (Å²) < 4.78 is 13.0. The Bertz CT molecular complexity index is 1070. The maximum absolute atomic E-state index is 5.52. The average Bonchev–Trinajstić information content (AvgIpc) is 3.48. The van der Waals surface area contributed by atoms with E-state index in [1.165, 1.54) is 0 Å². The Morgan fingerprint density at radius 3 is 2.86 bits per heavy atom. The first-order chi connectivity index (χ1) is 14.1. The normalized spacial score (nSPS) is 11.3. The summed E-state index contributed by atoms with van der Waals surface area (Å²) in [4.78, 5) is 4.78. The number of hydrogen-bond donors (Lipinski definition) is 0. The van der Waals surface area contributed by atoms with Gasteiger partial charge in [-0.2, -0.15) is 0 Å². The predicted octanol–water partition coefficient (Wildman–Crippen LogP) is 5.47. The fourth-order valence-corrected chi connectivity index (χ4v) is 4.70. The molecule has 0 N–H and O–H groups in total. The van der Waals surface area contributed by atoms with Crippen molar-refractivity contribution in [2.45, 2.75) is 37.2 Å². The largest absolute Gasteiger partial charge is 0.497 e. The topological polar surface area (TPSA) is 66.0 Å². The van der Waals surface area contributed by atoms with Crippen LogP contribution in [0, 0.1) is 0 Å². The van der Waals surface area contributed by atoms with Crippen molar-refractivity contribution in [2.75, 3.05) is 7.11 Å². The van der Waals surface area contributed by atoms with Crippen LogP contribution in [-0.2, 0) is 12.3 Å². The molecule has 150 valence electrons. The van der Waals surface area contributed by atoms with E-state index in [2.05, 4.69) is 34.0 Å². The average molecular weight is 427 g/mol. The molecule has 0 fully saturated rings. The van der Waals surface area contributed by atoms with E-state index in [1.54, 1.807) is 36.5 Å². The van der Waals surface area contributed by atoms with Crippen LogP contribution in [0.4, 0.5) is 0 Å². The van der Waals surface area contributed by atoms with Gasteiger partial charge in [0.25, 0.3) is 0 Å². The van der Waals surface area contributed by atoms with E-state index in [-0.39, 0.29) is 5.92 Å². The van der Waals surface area contributed by atoms with E-state index in [9.17, 15) is 0 Å². The van der Waals surface area contributed by atoms with Gasteiger partial charge >= 0.3 is 0 Å². The van der Waals surface area contributed by atoms with Crippen molar-refractivity contribution in [3.63, 3.8) is 0 Å². The third-order valence-corrected chi connectivity index (χ3v) is 6.31. The fourth-order valence-electron chi connectivity index (χ4n) is 2.94. The molecule has 4 aromatic rings. The summed E-state index contributed by atoms with van der Waals surface area (Å²) in [6.07, 6.45) is 1.69. The van der Waals surface area contributed by atoms with Crippen molar-refractivity contribution >= 4 is 23.1 Å². The molecule has 0 bridgehead atoms. The van der Waals surface area contributed by atoms with Gasteiger partial charge in [-0.1, -0.05) is 37.7 Å². The van der Waals surface area contributed by atoms with E-state index in [4.69, 9.17) is 14.1 Å². The van der Waals surface area contributed by atoms with Crippen LogP contribution in [0.2, 0.25) is 0 Å². The third-order valence-electron chi connectivity index (χ3n) is 4.37. The van der Waals surface area contributed by atoms with Crippen LogP contribution in [0.5, 0.6) is 5.75 Å². The van der Waals surface area contributed by atoms with Gasteiger partial charge in [-0.05, 0) is 24.3 Å². The zero-order valence-corrected chi connectivity index (χ0v) is 18.2. The molecule has 0 aliphatic heterocycles. The number of nitrogens with zero attached hydrogens (tertiary/aromatic N) is 4. The van der Waals surface area contributed by atoms with Gasteiger partial charge in [0.15, 0.2) is 5.16 Å². The first-order valence-electron chi connectivity index (χ1n) is 9.31. The standard InChI is InChI=1S/C21H22N4O2S2/c1-14(2)19-23-24-21(25(19)11-18-8-5-9-27-18)29-13-16-12-28-20(22-16)15-6-4-7-17(10-15)26-3/h4-10,12,14H,11,13H2,1-3H3. The molecule has 6 nitrogen and oxygen atoms in total. The molecule has 1 aromatic carbocycles. The summed E-state index contributed by atoms with van der Waals surface area (Å²) >= 11 is 3.28. The minimum Gasteiger partial charge on any atom is -0.497 e. The molecule has 0 saturated carbocycles. The molecule has 0 unspecified atom stereocenters. The number of rotatable bonds is 8. The van der Waals surface area contributed by atoms with Crippen LogP contribution < -0.4 is 4.74 Å². The first kappa shape index (κ1) is 19.7. The molecular weight excluding hydrogens is 404 g/mol. The monoisotopic (exact) mass is 426 g/mol. The van der Waals surface area contributed by atoms with Crippen molar-refractivity contribution in [1.29, 1.82) is 0 Å². The molecule has 3 aromatic heterocycles. The van der Waals surface area contributed by atoms with Gasteiger partial charge < -0.3 is 9.15 Å². The summed E-state index contributed by atoms with van der Waals surface area (Å²) in [5, 5.41) is 12.8. The number of thioether (sulfide) groups is 1. The van der Waals surface area contributed by atoms with Crippen molar-refractivity contribution < 1.29 is 9.15 Å². The van der Waals surface area contributed by atoms with Crippen LogP contribution in [0.25, 0.3) is 10.6 Å². The molecule has 3 heterocycles. The summed E-state index contributed by atoms with van der Waals surface area (Å²) in [6.45, 7) is 4.87. The van der Waals surface area contributed by atoms with Crippen molar-refractivity contribution in [2.24, 2.45) is 0 Å². The lowest BCUT2D eigenvalue weighted by Gasteiger charge is -2.10. The number of benzene rings is 1. The SMILES string of the molecule is COc1cccc(-c2nc(CSc3nnc(C(C)C)n3Cc3ccco3)cs2)c1. The van der Waals surface area contributed by atoms with Crippen molar-refractivity contribution in [3.05, 3.63) is 65.3 Å². The van der Waals surface area contributed by atoms with Gasteiger partial charge in [0.1, 0.15) is 22.3 Å². The Kier molecular flexibility index (Phi) is 6.01. The maximum Gasteiger partial charge on any atom is 0.192 e. The number of ether oxygens (including phenoxy) is 1. The number of furan rings is 1. The summed E-state index contributed by atoms with van der Waals surface area (Å²) in [5.41, 5.74) is 2.09. The Balaban J connectivity index is 1.50. The van der Waals surface area contributed by atoms with Gasteiger partial charge in [0.2, 0.25) is 0 Å². The molecular formula is C21H22N4O2S2. The summed E-state index contributed by atoms with van der Waals surface area (Å²) in [5.74, 6) is 3.70. The second-order valence-electron chi connectivity index (χ2n) is 6.83. The highest BCUT2D eigenvalue weighted by Gasteiger charge is 2.17. The van der Waals surface area contributed by atoms with Crippen molar-refractivity contribution in [3.8, 4) is 16.3 Å². The second kappa shape index (κ2) is 8.84. The number of methoxy groups -OCH3 is 1. The molecule has 0 radical (unpaired) electrons. The Labute approximate surface area is 178 Å². The zero-order valence-electron chi connectivity index (χ0n) is 16.5. The van der Waals surface area contributed by atoms with Crippen LogP contribution in [0.3, 0.4) is 0 Å². The zero-order chi connectivity index (χ0) is 20.2. The fraction of sp³-hybridized carbons (Fsp3) is 0.286. The minimum atomic E-state index is 0.283. The second-order valence-corrected chi connectivity index (χ2v) is 8.63. The van der Waals surface area contributed by atoms with Gasteiger partial charge in [-0.15, -0.1) is 21.5 Å². The quantitative estimate of drug-likeness (QED) is 0.348. The molecule has 0 spiro atoms. The molecule has 0 amide bonds. The predicted molar refractivity (Wildman–Crippen MR) is 116 cm³/mol. The lowest BCUT2D eigenvalue weighted by molar-refractivity contribution is 0.415. The van der Waals surface area contributed by atoms with Crippen LogP contribution in [0.15, 0.2) is 57.6 Å². The molecule has 0 saturated heterocycles. The van der Waals surface area contributed by atoms with Crippen LogP contribution in [-0.4, -0.2) is 26.9 Å². The molecule has 8 heteroatoms. The molecule has 0 atom stereocenters. The minimum absolute atomic E-state index is 0.283. The third kappa shape index (κ3) is 4.54. The lowest BCUT2D eigenvalue weighted by atomic mass is 10.2. The lowest BCUT2D eigenvalue weighted by Crippen LogP contribution is -2.07. The van der Waals surface area contributed by atoms with E-state index in [1.807, 2.05) is 36.4 Å². The van der Waals surface area contributed by atoms with E-state index < -0.39 is 0 Å². The smallest absolute Gasteiger partial charge is 0.192 e. The Hall–Kier alpha value is -2.58. The molecule has 0 aliphatic rings. The van der Waals surface area contributed by atoms with E-state index >= 15 is 0 Å². The number of thiazole rings is 1. The number of aromatic nitrogens is 4. The van der Waals surface area contributed by atoms with Crippen LogP contribution in [0.1, 0.15) is 37.0 Å². The van der Waals surface area contributed by atoms with Gasteiger partial charge in [0, 0.05) is 22.6 Å². The first-order valence-corrected chi connectivity index (χ1v) is 11.2. The summed E-state index contributed by atoms with van der Waals surface area (Å²) in [6, 6.07) is 11.8. The Morgan fingerprint density at radius 2 is 2.10 bits per heavy atom. The summed E-state index contributed by atoms with van der Waals surface area (Å²) in [7, 11) is 1.67. The molecule has 4 rings (SSSR count).